The number of rotatable bonds is 7. The molecule has 24 heavy (non-hydrogen) atoms. The molecule has 2 aromatic rings. The van der Waals surface area contributed by atoms with Crippen LogP contribution in [0.25, 0.3) is 0 Å². The third-order valence-corrected chi connectivity index (χ3v) is 3.27. The zero-order valence-electron chi connectivity index (χ0n) is 13.7. The van der Waals surface area contributed by atoms with Crippen LogP contribution < -0.4 is 5.32 Å². The summed E-state index contributed by atoms with van der Waals surface area (Å²) in [5, 5.41) is 11.8. The highest BCUT2D eigenvalue weighted by Crippen LogP contribution is 2.09. The number of benzene rings is 1. The van der Waals surface area contributed by atoms with E-state index in [1.165, 1.54) is 18.3 Å². The SMILES string of the molecule is CC(C)(COCc1ccccc1)NC(=O)c1ccnc(C(=O)O)c1. The molecule has 0 atom stereocenters. The summed E-state index contributed by atoms with van der Waals surface area (Å²) >= 11 is 0. The second-order valence-corrected chi connectivity index (χ2v) is 6.05. The number of nitrogens with zero attached hydrogens (tertiary/aromatic N) is 1. The number of aromatic nitrogens is 1. The number of nitrogens with one attached hydrogen (secondary N) is 1. The van der Waals surface area contributed by atoms with E-state index >= 15 is 0 Å². The predicted octanol–water partition coefficient (Wildman–Crippen LogP) is 2.50. The maximum Gasteiger partial charge on any atom is 0.354 e. The van der Waals surface area contributed by atoms with Gasteiger partial charge in [0.1, 0.15) is 5.69 Å². The molecule has 0 radical (unpaired) electrons. The topological polar surface area (TPSA) is 88.5 Å². The zero-order valence-corrected chi connectivity index (χ0v) is 13.7. The van der Waals surface area contributed by atoms with E-state index in [-0.39, 0.29) is 17.2 Å². The van der Waals surface area contributed by atoms with Gasteiger partial charge in [0, 0.05) is 11.8 Å². The Hall–Kier alpha value is -2.73. The van der Waals surface area contributed by atoms with Crippen molar-refractivity contribution in [3.63, 3.8) is 0 Å². The molecule has 0 aliphatic heterocycles. The Morgan fingerprint density at radius 1 is 1.21 bits per heavy atom. The first kappa shape index (κ1) is 17.6. The summed E-state index contributed by atoms with van der Waals surface area (Å²) in [5.74, 6) is -1.54. The molecular formula is C18H20N2O4. The van der Waals surface area contributed by atoms with E-state index in [1.54, 1.807) is 0 Å². The summed E-state index contributed by atoms with van der Waals surface area (Å²) in [7, 11) is 0. The van der Waals surface area contributed by atoms with Crippen molar-refractivity contribution in [3.05, 3.63) is 65.5 Å². The lowest BCUT2D eigenvalue weighted by molar-refractivity contribution is 0.0617. The normalized spacial score (nSPS) is 11.1. The van der Waals surface area contributed by atoms with E-state index in [0.717, 1.165) is 5.56 Å². The Morgan fingerprint density at radius 2 is 1.92 bits per heavy atom. The number of hydrogen-bond acceptors (Lipinski definition) is 4. The van der Waals surface area contributed by atoms with Crippen molar-refractivity contribution in [2.24, 2.45) is 0 Å². The summed E-state index contributed by atoms with van der Waals surface area (Å²) in [5.41, 5.74) is 0.539. The minimum absolute atomic E-state index is 0.166. The fourth-order valence-electron chi connectivity index (χ4n) is 2.10. The van der Waals surface area contributed by atoms with E-state index in [0.29, 0.717) is 13.2 Å². The van der Waals surface area contributed by atoms with Crippen LogP contribution in [0.15, 0.2) is 48.7 Å². The maximum atomic E-state index is 12.3. The molecule has 1 aromatic heterocycles. The molecule has 6 heteroatoms. The van der Waals surface area contributed by atoms with Gasteiger partial charge in [-0.1, -0.05) is 30.3 Å². The molecule has 0 saturated carbocycles. The van der Waals surface area contributed by atoms with Crippen molar-refractivity contribution in [1.29, 1.82) is 0 Å². The molecule has 0 aliphatic rings. The van der Waals surface area contributed by atoms with Gasteiger partial charge in [-0.2, -0.15) is 0 Å². The van der Waals surface area contributed by atoms with Crippen LogP contribution in [0.3, 0.4) is 0 Å². The second-order valence-electron chi connectivity index (χ2n) is 6.05. The minimum atomic E-state index is -1.17. The maximum absolute atomic E-state index is 12.3. The van der Waals surface area contributed by atoms with Gasteiger partial charge in [-0.15, -0.1) is 0 Å². The number of aromatic carboxylic acids is 1. The molecule has 126 valence electrons. The average Bonchev–Trinajstić information content (AvgIpc) is 2.55. The number of carboxylic acid groups (broad SMARTS) is 1. The average molecular weight is 328 g/mol. The van der Waals surface area contributed by atoms with E-state index in [4.69, 9.17) is 9.84 Å². The molecule has 2 rings (SSSR count). The zero-order chi connectivity index (χ0) is 17.6. The lowest BCUT2D eigenvalue weighted by atomic mass is 10.1. The monoisotopic (exact) mass is 328 g/mol. The second kappa shape index (κ2) is 7.70. The third kappa shape index (κ3) is 5.17. The molecule has 1 heterocycles. The van der Waals surface area contributed by atoms with Gasteiger partial charge in [-0.3, -0.25) is 4.79 Å². The van der Waals surface area contributed by atoms with Crippen molar-refractivity contribution in [2.45, 2.75) is 26.0 Å². The standard InChI is InChI=1S/C18H20N2O4/c1-18(2,12-24-11-13-6-4-3-5-7-13)20-16(21)14-8-9-19-15(10-14)17(22)23/h3-10H,11-12H2,1-2H3,(H,20,21)(H,22,23). The Morgan fingerprint density at radius 3 is 2.58 bits per heavy atom. The van der Waals surface area contributed by atoms with Crippen molar-refractivity contribution in [2.75, 3.05) is 6.61 Å². The molecule has 2 N–H and O–H groups in total. The summed E-state index contributed by atoms with van der Waals surface area (Å²) in [6, 6.07) is 12.5. The molecule has 6 nitrogen and oxygen atoms in total. The highest BCUT2D eigenvalue weighted by Gasteiger charge is 2.22. The Labute approximate surface area is 140 Å². The van der Waals surface area contributed by atoms with Gasteiger partial charge in [0.25, 0.3) is 5.91 Å². The van der Waals surface area contributed by atoms with E-state index < -0.39 is 11.5 Å². The van der Waals surface area contributed by atoms with Gasteiger partial charge >= 0.3 is 5.97 Å². The molecule has 0 unspecified atom stereocenters. The lowest BCUT2D eigenvalue weighted by Crippen LogP contribution is -2.47. The molecule has 1 amide bonds. The van der Waals surface area contributed by atoms with Crippen LogP contribution in [0, 0.1) is 0 Å². The van der Waals surface area contributed by atoms with Crippen molar-refractivity contribution < 1.29 is 19.4 Å². The number of carbonyl (C=O) groups excluding carboxylic acids is 1. The number of hydrogen-bond donors (Lipinski definition) is 2. The van der Waals surface area contributed by atoms with Gasteiger partial charge in [0.05, 0.1) is 18.8 Å². The van der Waals surface area contributed by atoms with Crippen molar-refractivity contribution in [3.8, 4) is 0 Å². The van der Waals surface area contributed by atoms with Gasteiger partial charge in [0.15, 0.2) is 0 Å². The highest BCUT2D eigenvalue weighted by molar-refractivity contribution is 5.96. The first-order chi connectivity index (χ1) is 11.4. The number of carboxylic acids is 1. The van der Waals surface area contributed by atoms with E-state index in [2.05, 4.69) is 10.3 Å². The van der Waals surface area contributed by atoms with Crippen molar-refractivity contribution in [1.82, 2.24) is 10.3 Å². The molecule has 0 bridgehead atoms. The Balaban J connectivity index is 1.91. The lowest BCUT2D eigenvalue weighted by Gasteiger charge is -2.26. The predicted molar refractivity (Wildman–Crippen MR) is 88.8 cm³/mol. The molecular weight excluding hydrogens is 308 g/mol. The number of pyridine rings is 1. The molecule has 0 saturated heterocycles. The van der Waals surface area contributed by atoms with Crippen LogP contribution in [0.1, 0.15) is 40.3 Å². The minimum Gasteiger partial charge on any atom is -0.477 e. The van der Waals surface area contributed by atoms with Crippen LogP contribution >= 0.6 is 0 Å². The summed E-state index contributed by atoms with van der Waals surface area (Å²) in [6.07, 6.45) is 1.30. The molecule has 1 aromatic carbocycles. The highest BCUT2D eigenvalue weighted by atomic mass is 16.5. The Kier molecular flexibility index (Phi) is 5.65. The van der Waals surface area contributed by atoms with Crippen molar-refractivity contribution >= 4 is 11.9 Å². The summed E-state index contributed by atoms with van der Waals surface area (Å²) in [6.45, 7) is 4.47. The summed E-state index contributed by atoms with van der Waals surface area (Å²) in [4.78, 5) is 26.9. The van der Waals surface area contributed by atoms with Crippen LogP contribution in [-0.2, 0) is 11.3 Å². The van der Waals surface area contributed by atoms with Gasteiger partial charge in [-0.25, -0.2) is 9.78 Å². The molecule has 0 aliphatic carbocycles. The van der Waals surface area contributed by atoms with E-state index in [1.807, 2.05) is 44.2 Å². The number of carbonyl (C=O) groups is 2. The first-order valence-electron chi connectivity index (χ1n) is 7.51. The Bertz CT molecular complexity index is 714. The smallest absolute Gasteiger partial charge is 0.354 e. The number of ether oxygens (including phenoxy) is 1. The number of amides is 1. The van der Waals surface area contributed by atoms with Gasteiger partial charge in [0.2, 0.25) is 0 Å². The van der Waals surface area contributed by atoms with Crippen LogP contribution in [-0.4, -0.2) is 34.1 Å². The van der Waals surface area contributed by atoms with E-state index in [9.17, 15) is 9.59 Å². The molecule has 0 spiro atoms. The fourth-order valence-corrected chi connectivity index (χ4v) is 2.10. The van der Waals surface area contributed by atoms with Crippen LogP contribution in [0.2, 0.25) is 0 Å². The first-order valence-corrected chi connectivity index (χ1v) is 7.51. The third-order valence-electron chi connectivity index (χ3n) is 3.27. The summed E-state index contributed by atoms with van der Waals surface area (Å²) < 4.78 is 5.66. The quantitative estimate of drug-likeness (QED) is 0.815. The van der Waals surface area contributed by atoms with Crippen LogP contribution in [0.4, 0.5) is 0 Å². The van der Waals surface area contributed by atoms with Gasteiger partial charge in [-0.05, 0) is 31.5 Å². The largest absolute Gasteiger partial charge is 0.477 e. The van der Waals surface area contributed by atoms with Crippen LogP contribution in [0.5, 0.6) is 0 Å². The molecule has 0 fully saturated rings. The fraction of sp³-hybridized carbons (Fsp3) is 0.278. The van der Waals surface area contributed by atoms with Gasteiger partial charge < -0.3 is 15.2 Å².